The van der Waals surface area contributed by atoms with Gasteiger partial charge in [-0.3, -0.25) is 4.68 Å². The van der Waals surface area contributed by atoms with Gasteiger partial charge in [0.2, 0.25) is 0 Å². The van der Waals surface area contributed by atoms with E-state index in [0.29, 0.717) is 37.9 Å². The molecular weight excluding hydrogens is 678 g/mol. The second-order valence-corrected chi connectivity index (χ2v) is 12.5. The molecule has 4 rings (SSSR count). The summed E-state index contributed by atoms with van der Waals surface area (Å²) in [5, 5.41) is 21.6. The number of hydrogen-bond acceptors (Lipinski definition) is 12. The third-order valence-corrected chi connectivity index (χ3v) is 7.80. The molecule has 2 N–H and O–H groups in total. The van der Waals surface area contributed by atoms with Crippen LogP contribution in [-0.2, 0) is 42.8 Å². The lowest BCUT2D eigenvalue weighted by molar-refractivity contribution is -0.140. The fourth-order valence-electron chi connectivity index (χ4n) is 4.57. The number of carbonyl (C=O) groups is 2. The summed E-state index contributed by atoms with van der Waals surface area (Å²) < 4.78 is 85.9. The molecule has 2 aromatic heterocycles. The number of alkyl halides is 3. The molecule has 14 nitrogen and oxygen atoms in total. The van der Waals surface area contributed by atoms with Gasteiger partial charge < -0.3 is 37.7 Å². The largest absolute Gasteiger partial charge is 0.534 e. The average Bonchev–Trinajstić information content (AvgIpc) is 3.73. The second-order valence-electron chi connectivity index (χ2n) is 11.0. The van der Waals surface area contributed by atoms with Crippen molar-refractivity contribution in [2.45, 2.75) is 72.0 Å². The highest BCUT2D eigenvalue weighted by Crippen LogP contribution is 2.30. The van der Waals surface area contributed by atoms with Crippen molar-refractivity contribution in [3.05, 3.63) is 53.2 Å². The molecule has 0 saturated heterocycles. The topological polar surface area (TPSA) is 178 Å². The van der Waals surface area contributed by atoms with Crippen LogP contribution in [0.25, 0.3) is 5.57 Å². The first-order valence-corrected chi connectivity index (χ1v) is 16.9. The smallest absolute Gasteiger partial charge is 0.463 e. The Balaban J connectivity index is 0.000000265. The first-order chi connectivity index (χ1) is 23.0. The van der Waals surface area contributed by atoms with Gasteiger partial charge in [-0.05, 0) is 59.7 Å². The van der Waals surface area contributed by atoms with Crippen LogP contribution in [0.3, 0.4) is 0 Å². The summed E-state index contributed by atoms with van der Waals surface area (Å²) in [6, 6.07) is 6.12. The van der Waals surface area contributed by atoms with Crippen molar-refractivity contribution in [1.82, 2.24) is 14.3 Å². The Morgan fingerprint density at radius 3 is 2.04 bits per heavy atom. The number of carbonyl (C=O) groups excluding carboxylic acids is 2. The summed E-state index contributed by atoms with van der Waals surface area (Å²) in [5.74, 6) is -1.82. The number of rotatable bonds is 10. The molecule has 0 unspecified atom stereocenters. The van der Waals surface area contributed by atoms with Crippen LogP contribution in [0.15, 0.2) is 47.5 Å². The lowest BCUT2D eigenvalue weighted by atomic mass is 9.86. The minimum Gasteiger partial charge on any atom is -0.463 e. The highest BCUT2D eigenvalue weighted by atomic mass is 32.2. The first kappa shape index (κ1) is 41.5. The second kappa shape index (κ2) is 18.9. The third-order valence-electron chi connectivity index (χ3n) is 6.81. The van der Waals surface area contributed by atoms with Crippen molar-refractivity contribution in [3.63, 3.8) is 0 Å². The molecule has 49 heavy (non-hydrogen) atoms. The zero-order chi connectivity index (χ0) is 36.9. The fourth-order valence-corrected chi connectivity index (χ4v) is 5.08. The molecule has 0 atom stereocenters. The molecule has 2 aromatic rings. The molecule has 19 heteroatoms. The molecule has 274 valence electrons. The molecule has 0 spiro atoms. The number of nitrogens with zero attached hydrogens (tertiary/aromatic N) is 3. The molecule has 0 aromatic carbocycles. The Kier molecular flexibility index (Phi) is 16.0. The summed E-state index contributed by atoms with van der Waals surface area (Å²) in [5.41, 5.74) is -2.63. The van der Waals surface area contributed by atoms with E-state index >= 15 is 0 Å². The highest BCUT2D eigenvalue weighted by molar-refractivity contribution is 7.87. The summed E-state index contributed by atoms with van der Waals surface area (Å²) in [4.78, 5) is 23.5. The zero-order valence-corrected chi connectivity index (χ0v) is 29.0. The quantitative estimate of drug-likeness (QED) is 0.159. The van der Waals surface area contributed by atoms with Gasteiger partial charge in [-0.15, -0.1) is 0 Å². The van der Waals surface area contributed by atoms with Crippen LogP contribution < -0.4 is 5.59 Å². The van der Waals surface area contributed by atoms with Gasteiger partial charge in [0.05, 0.1) is 44.2 Å². The maximum atomic E-state index is 12.2. The van der Waals surface area contributed by atoms with Gasteiger partial charge in [0, 0.05) is 54.2 Å². The van der Waals surface area contributed by atoms with E-state index in [9.17, 15) is 31.2 Å². The Morgan fingerprint density at radius 2 is 1.53 bits per heavy atom. The summed E-state index contributed by atoms with van der Waals surface area (Å²) in [7, 11) is -7.26. The Hall–Kier alpha value is -3.65. The molecule has 0 radical (unpaired) electrons. The number of hydrogen-bond donors (Lipinski definition) is 2. The van der Waals surface area contributed by atoms with E-state index < -0.39 is 41.1 Å². The molecular formula is C30H43BF3N3O11S. The third kappa shape index (κ3) is 11.7. The maximum Gasteiger partial charge on any atom is 0.534 e. The summed E-state index contributed by atoms with van der Waals surface area (Å²) in [6.45, 7) is 12.4. The van der Waals surface area contributed by atoms with Crippen molar-refractivity contribution in [1.29, 1.82) is 0 Å². The molecule has 0 aliphatic carbocycles. The van der Waals surface area contributed by atoms with E-state index in [1.54, 1.807) is 16.9 Å². The van der Waals surface area contributed by atoms with E-state index in [-0.39, 0.29) is 37.2 Å². The highest BCUT2D eigenvalue weighted by Gasteiger charge is 2.49. The predicted octanol–water partition coefficient (Wildman–Crippen LogP) is 3.04. The average molecular weight is 722 g/mol. The molecule has 2 aliphatic rings. The first-order valence-electron chi connectivity index (χ1n) is 15.5. The van der Waals surface area contributed by atoms with Gasteiger partial charge in [0.25, 0.3) is 0 Å². The van der Waals surface area contributed by atoms with Crippen LogP contribution in [0.5, 0.6) is 0 Å². The monoisotopic (exact) mass is 721 g/mol. The zero-order valence-electron chi connectivity index (χ0n) is 28.2. The molecule has 0 amide bonds. The SMILES string of the molecule is CC(C)n1nccc1B(O)O.CCOC(=O)C1=C(OS(=O)(=O)C(F)(F)F)COCC1.CCOC(=O)C1=C(c2cccn2C(C)C)COCC1. The van der Waals surface area contributed by atoms with Crippen LogP contribution in [0.2, 0.25) is 0 Å². The van der Waals surface area contributed by atoms with Crippen LogP contribution in [0.4, 0.5) is 13.2 Å². The normalized spacial score (nSPS) is 15.3. The predicted molar refractivity (Wildman–Crippen MR) is 171 cm³/mol. The number of aromatic nitrogens is 3. The Labute approximate surface area is 283 Å². The van der Waals surface area contributed by atoms with Gasteiger partial charge in [0.1, 0.15) is 6.61 Å². The maximum absolute atomic E-state index is 12.2. The number of halogens is 3. The van der Waals surface area contributed by atoms with E-state index in [0.717, 1.165) is 16.8 Å². The minimum atomic E-state index is -5.82. The summed E-state index contributed by atoms with van der Waals surface area (Å²) in [6.07, 6.45) is 4.12. The molecule has 2 aliphatic heterocycles. The Bertz CT molecular complexity index is 1540. The Morgan fingerprint density at radius 1 is 0.959 bits per heavy atom. The number of esters is 2. The fraction of sp³-hybridized carbons (Fsp3) is 0.567. The molecule has 0 saturated carbocycles. The molecule has 4 heterocycles. The number of ether oxygens (including phenoxy) is 4. The lowest BCUT2D eigenvalue weighted by Crippen LogP contribution is -2.37. The lowest BCUT2D eigenvalue weighted by Gasteiger charge is -2.22. The van der Waals surface area contributed by atoms with E-state index in [1.165, 1.54) is 6.92 Å². The summed E-state index contributed by atoms with van der Waals surface area (Å²) >= 11 is 0. The standard InChI is InChI=1S/C15H21NO3.C9H11F3O6S.C6H11BN2O2/c1-4-19-15(17)12-7-9-18-10-13(12)14-6-5-8-16(14)11(2)3;1-2-17-8(13)6-3-4-16-5-7(6)18-19(14,15)9(10,11)12;1-5(2)9-6(7(10)11)3-4-8-9/h5-6,8,11H,4,7,9-10H2,1-3H3;2-5H2,1H3;3-5,10-11H,1-2H3. The van der Waals surface area contributed by atoms with Crippen molar-refractivity contribution >= 4 is 40.3 Å². The van der Waals surface area contributed by atoms with Crippen LogP contribution in [-0.4, -0.2) is 97.0 Å². The molecule has 0 fully saturated rings. The van der Waals surface area contributed by atoms with Gasteiger partial charge in [-0.2, -0.15) is 26.7 Å². The van der Waals surface area contributed by atoms with Crippen molar-refractivity contribution in [2.75, 3.05) is 39.6 Å². The van der Waals surface area contributed by atoms with Gasteiger partial charge in [0.15, 0.2) is 5.76 Å². The van der Waals surface area contributed by atoms with E-state index in [4.69, 9.17) is 24.3 Å². The van der Waals surface area contributed by atoms with Gasteiger partial charge in [-0.25, -0.2) is 9.59 Å². The minimum absolute atomic E-state index is 0.00247. The van der Waals surface area contributed by atoms with E-state index in [2.05, 4.69) is 32.4 Å². The van der Waals surface area contributed by atoms with E-state index in [1.807, 2.05) is 39.1 Å². The van der Waals surface area contributed by atoms with Crippen molar-refractivity contribution < 1.29 is 64.4 Å². The van der Waals surface area contributed by atoms with Crippen molar-refractivity contribution in [2.24, 2.45) is 0 Å². The van der Waals surface area contributed by atoms with Crippen LogP contribution in [0, 0.1) is 0 Å². The van der Waals surface area contributed by atoms with Gasteiger partial charge >= 0.3 is 34.7 Å². The molecule has 0 bridgehead atoms. The van der Waals surface area contributed by atoms with Crippen LogP contribution >= 0.6 is 0 Å². The van der Waals surface area contributed by atoms with Gasteiger partial charge in [-0.1, -0.05) is 0 Å². The van der Waals surface area contributed by atoms with Crippen molar-refractivity contribution in [3.8, 4) is 0 Å². The van der Waals surface area contributed by atoms with Crippen LogP contribution in [0.1, 0.15) is 72.2 Å².